The third-order valence-corrected chi connectivity index (χ3v) is 3.10. The first-order valence-corrected chi connectivity index (χ1v) is 6.50. The average molecular weight is 298 g/mol. The molecule has 2 aromatic rings. The van der Waals surface area contributed by atoms with Gasteiger partial charge >= 0.3 is 6.61 Å². The number of para-hydroxylation sites is 2. The van der Waals surface area contributed by atoms with Gasteiger partial charge in [-0.3, -0.25) is 0 Å². The molecule has 20 heavy (non-hydrogen) atoms. The molecule has 106 valence electrons. The van der Waals surface area contributed by atoms with E-state index >= 15 is 0 Å². The minimum Gasteiger partial charge on any atom is -0.433 e. The van der Waals surface area contributed by atoms with Gasteiger partial charge in [-0.2, -0.15) is 8.78 Å². The molecule has 0 spiro atoms. The zero-order chi connectivity index (χ0) is 14.5. The van der Waals surface area contributed by atoms with Crippen LogP contribution >= 0.6 is 11.6 Å². The number of ether oxygens (including phenoxy) is 1. The second-order valence-corrected chi connectivity index (χ2v) is 4.73. The second-order valence-electron chi connectivity index (χ2n) is 4.29. The van der Waals surface area contributed by atoms with Crippen LogP contribution in [0.2, 0.25) is 5.02 Å². The zero-order valence-electron chi connectivity index (χ0n) is 10.8. The topological polar surface area (TPSA) is 21.3 Å². The monoisotopic (exact) mass is 297 g/mol. The first-order valence-electron chi connectivity index (χ1n) is 6.12. The fourth-order valence-corrected chi connectivity index (χ4v) is 1.98. The average Bonchev–Trinajstić information content (AvgIpc) is 2.41. The third-order valence-electron chi connectivity index (χ3n) is 2.85. The van der Waals surface area contributed by atoms with Crippen molar-refractivity contribution in [1.82, 2.24) is 0 Å². The number of hydrogen-bond donors (Lipinski definition) is 1. The molecule has 2 nitrogen and oxygen atoms in total. The van der Waals surface area contributed by atoms with Crippen LogP contribution in [-0.2, 0) is 0 Å². The summed E-state index contributed by atoms with van der Waals surface area (Å²) in [7, 11) is 0. The van der Waals surface area contributed by atoms with E-state index in [-0.39, 0.29) is 11.8 Å². The van der Waals surface area contributed by atoms with Gasteiger partial charge in [0.05, 0.1) is 5.69 Å². The van der Waals surface area contributed by atoms with E-state index in [0.717, 1.165) is 5.56 Å². The highest BCUT2D eigenvalue weighted by atomic mass is 35.5. The van der Waals surface area contributed by atoms with Crippen LogP contribution in [0.3, 0.4) is 0 Å². The Morgan fingerprint density at radius 3 is 2.35 bits per heavy atom. The molecule has 5 heteroatoms. The minimum absolute atomic E-state index is 0.0605. The van der Waals surface area contributed by atoms with Gasteiger partial charge in [-0.15, -0.1) is 0 Å². The molecule has 0 aliphatic rings. The Morgan fingerprint density at radius 2 is 1.70 bits per heavy atom. The molecule has 0 aliphatic heterocycles. The zero-order valence-corrected chi connectivity index (χ0v) is 11.6. The van der Waals surface area contributed by atoms with Crippen molar-refractivity contribution in [2.24, 2.45) is 0 Å². The third kappa shape index (κ3) is 3.84. The molecular weight excluding hydrogens is 284 g/mol. The van der Waals surface area contributed by atoms with Gasteiger partial charge in [0.2, 0.25) is 0 Å². The lowest BCUT2D eigenvalue weighted by molar-refractivity contribution is -0.0493. The van der Waals surface area contributed by atoms with Gasteiger partial charge in [-0.1, -0.05) is 35.9 Å². The van der Waals surface area contributed by atoms with Gasteiger partial charge in [-0.25, -0.2) is 0 Å². The van der Waals surface area contributed by atoms with Crippen molar-refractivity contribution in [1.29, 1.82) is 0 Å². The van der Waals surface area contributed by atoms with Crippen molar-refractivity contribution in [3.05, 3.63) is 59.1 Å². The van der Waals surface area contributed by atoms with Gasteiger partial charge < -0.3 is 10.1 Å². The van der Waals surface area contributed by atoms with E-state index < -0.39 is 6.61 Å². The van der Waals surface area contributed by atoms with Crippen molar-refractivity contribution < 1.29 is 13.5 Å². The summed E-state index contributed by atoms with van der Waals surface area (Å²) in [4.78, 5) is 0. The van der Waals surface area contributed by atoms with Gasteiger partial charge in [-0.05, 0) is 36.8 Å². The maximum atomic E-state index is 12.3. The molecule has 0 bridgehead atoms. The lowest BCUT2D eigenvalue weighted by Crippen LogP contribution is -2.09. The molecule has 0 radical (unpaired) electrons. The van der Waals surface area contributed by atoms with Crippen LogP contribution in [0, 0.1) is 0 Å². The molecular formula is C15H14ClF2NO. The number of benzene rings is 2. The Balaban J connectivity index is 2.15. The molecule has 1 atom stereocenters. The van der Waals surface area contributed by atoms with Gasteiger partial charge in [0, 0.05) is 11.1 Å². The van der Waals surface area contributed by atoms with Crippen LogP contribution < -0.4 is 10.1 Å². The number of hydrogen-bond acceptors (Lipinski definition) is 2. The first-order chi connectivity index (χ1) is 9.56. The van der Waals surface area contributed by atoms with Crippen LogP contribution in [0.4, 0.5) is 14.5 Å². The minimum atomic E-state index is -2.84. The highest BCUT2D eigenvalue weighted by Crippen LogP contribution is 2.29. The Kier molecular flexibility index (Phi) is 4.79. The Bertz CT molecular complexity index is 560. The van der Waals surface area contributed by atoms with E-state index in [9.17, 15) is 8.78 Å². The second kappa shape index (κ2) is 6.57. The summed E-state index contributed by atoms with van der Waals surface area (Å²) in [5.74, 6) is 0.128. The molecule has 0 aliphatic carbocycles. The normalized spacial score (nSPS) is 12.2. The van der Waals surface area contributed by atoms with Gasteiger partial charge in [0.15, 0.2) is 0 Å². The number of rotatable bonds is 5. The van der Waals surface area contributed by atoms with Crippen molar-refractivity contribution >= 4 is 17.3 Å². The lowest BCUT2D eigenvalue weighted by atomic mass is 10.1. The largest absolute Gasteiger partial charge is 0.433 e. The summed E-state index contributed by atoms with van der Waals surface area (Å²) in [5.41, 5.74) is 1.52. The van der Waals surface area contributed by atoms with E-state index in [4.69, 9.17) is 11.6 Å². The molecule has 0 saturated carbocycles. The van der Waals surface area contributed by atoms with E-state index in [2.05, 4.69) is 10.1 Å². The predicted molar refractivity (Wildman–Crippen MR) is 76.6 cm³/mol. The molecule has 0 aromatic heterocycles. The predicted octanol–water partition coefficient (Wildman–Crippen LogP) is 5.11. The Morgan fingerprint density at radius 1 is 1.05 bits per heavy atom. The molecule has 2 aromatic carbocycles. The summed E-state index contributed by atoms with van der Waals surface area (Å²) in [6.45, 7) is -0.911. The summed E-state index contributed by atoms with van der Waals surface area (Å²) in [6.07, 6.45) is 0. The Labute approximate surface area is 121 Å². The fraction of sp³-hybridized carbons (Fsp3) is 0.200. The maximum Gasteiger partial charge on any atom is 0.387 e. The number of anilines is 1. The summed E-state index contributed by atoms with van der Waals surface area (Å²) in [5, 5.41) is 3.81. The first kappa shape index (κ1) is 14.6. The molecule has 0 saturated heterocycles. The lowest BCUT2D eigenvalue weighted by Gasteiger charge is -2.18. The quantitative estimate of drug-likeness (QED) is 0.827. The smallest absolute Gasteiger partial charge is 0.387 e. The van der Waals surface area contributed by atoms with Crippen LogP contribution in [0.25, 0.3) is 0 Å². The van der Waals surface area contributed by atoms with E-state index in [1.165, 1.54) is 6.07 Å². The van der Waals surface area contributed by atoms with Crippen molar-refractivity contribution in [3.63, 3.8) is 0 Å². The van der Waals surface area contributed by atoms with Gasteiger partial charge in [0.25, 0.3) is 0 Å². The van der Waals surface area contributed by atoms with E-state index in [1.807, 2.05) is 19.1 Å². The summed E-state index contributed by atoms with van der Waals surface area (Å²) < 4.78 is 29.2. The van der Waals surface area contributed by atoms with E-state index in [1.54, 1.807) is 30.3 Å². The molecule has 0 fully saturated rings. The summed E-state index contributed by atoms with van der Waals surface area (Å²) in [6, 6.07) is 13.9. The molecule has 2 rings (SSSR count). The van der Waals surface area contributed by atoms with Crippen LogP contribution in [0.1, 0.15) is 18.5 Å². The highest BCUT2D eigenvalue weighted by Gasteiger charge is 2.12. The van der Waals surface area contributed by atoms with Crippen LogP contribution in [-0.4, -0.2) is 6.61 Å². The number of nitrogens with one attached hydrogen (secondary N) is 1. The van der Waals surface area contributed by atoms with Crippen molar-refractivity contribution in [2.45, 2.75) is 19.6 Å². The number of alkyl halides is 2. The molecule has 0 heterocycles. The SMILES string of the molecule is CC(Nc1ccccc1OC(F)F)c1ccc(Cl)cc1. The Hall–Kier alpha value is -1.81. The van der Waals surface area contributed by atoms with Crippen molar-refractivity contribution in [3.8, 4) is 5.75 Å². The van der Waals surface area contributed by atoms with Crippen LogP contribution in [0.15, 0.2) is 48.5 Å². The highest BCUT2D eigenvalue weighted by molar-refractivity contribution is 6.30. The molecule has 0 amide bonds. The molecule has 1 N–H and O–H groups in total. The maximum absolute atomic E-state index is 12.3. The fourth-order valence-electron chi connectivity index (χ4n) is 1.85. The van der Waals surface area contributed by atoms with Crippen LogP contribution in [0.5, 0.6) is 5.75 Å². The standard InChI is InChI=1S/C15H14ClF2NO/c1-10(11-6-8-12(16)9-7-11)19-13-4-2-3-5-14(13)20-15(17)18/h2-10,15,19H,1H3. The van der Waals surface area contributed by atoms with E-state index in [0.29, 0.717) is 10.7 Å². The van der Waals surface area contributed by atoms with Crippen molar-refractivity contribution in [2.75, 3.05) is 5.32 Å². The number of halogens is 3. The molecule has 1 unspecified atom stereocenters. The summed E-state index contributed by atoms with van der Waals surface area (Å²) >= 11 is 5.84. The van der Waals surface area contributed by atoms with Gasteiger partial charge in [0.1, 0.15) is 5.75 Å².